The van der Waals surface area contributed by atoms with Crippen molar-refractivity contribution in [2.45, 2.75) is 19.4 Å². The van der Waals surface area contributed by atoms with Crippen molar-refractivity contribution in [3.05, 3.63) is 46.5 Å². The summed E-state index contributed by atoms with van der Waals surface area (Å²) >= 11 is 3.40. The first kappa shape index (κ1) is 13.3. The van der Waals surface area contributed by atoms with Crippen LogP contribution in [0.4, 0.5) is 0 Å². The summed E-state index contributed by atoms with van der Waals surface area (Å²) in [4.78, 5) is 26.8. The maximum atomic E-state index is 12.7. The lowest BCUT2D eigenvalue weighted by Crippen LogP contribution is -2.38. The van der Waals surface area contributed by atoms with Crippen LogP contribution in [-0.2, 0) is 16.1 Å². The highest BCUT2D eigenvalue weighted by Gasteiger charge is 2.56. The Morgan fingerprint density at radius 3 is 1.95 bits per heavy atom. The fraction of sp³-hybridized carbons (Fsp3) is 0.412. The molecule has 0 spiro atoms. The van der Waals surface area contributed by atoms with E-state index in [2.05, 4.69) is 28.1 Å². The molecular formula is C17H16BrNO2. The molecule has 2 fully saturated rings. The van der Waals surface area contributed by atoms with Crippen molar-refractivity contribution in [1.82, 2.24) is 4.90 Å². The van der Waals surface area contributed by atoms with Crippen LogP contribution in [0.1, 0.15) is 18.4 Å². The SMILES string of the molecule is O=C1[C@@H]2[C@H](C(=O)N1Cc1ccc(Br)cc1)[C@@H]1C=C[C@@H]2CC1. The zero-order valence-corrected chi connectivity index (χ0v) is 13.1. The Morgan fingerprint density at radius 1 is 0.952 bits per heavy atom. The molecular weight excluding hydrogens is 330 g/mol. The van der Waals surface area contributed by atoms with Gasteiger partial charge in [0.2, 0.25) is 11.8 Å². The molecule has 4 atom stereocenters. The minimum absolute atomic E-state index is 0.0342. The molecule has 1 saturated carbocycles. The van der Waals surface area contributed by atoms with E-state index < -0.39 is 0 Å². The highest BCUT2D eigenvalue weighted by atomic mass is 79.9. The number of hydrogen-bond acceptors (Lipinski definition) is 2. The maximum absolute atomic E-state index is 12.7. The predicted octanol–water partition coefficient (Wildman–Crippen LogP) is 3.15. The topological polar surface area (TPSA) is 37.4 Å². The Bertz CT molecular complexity index is 605. The quantitative estimate of drug-likeness (QED) is 0.609. The van der Waals surface area contributed by atoms with Crippen molar-refractivity contribution in [3.8, 4) is 0 Å². The number of halogens is 1. The van der Waals surface area contributed by atoms with Gasteiger partial charge >= 0.3 is 0 Å². The number of hydrogen-bond donors (Lipinski definition) is 0. The number of benzene rings is 1. The van der Waals surface area contributed by atoms with Crippen molar-refractivity contribution in [2.24, 2.45) is 23.7 Å². The second-order valence-electron chi connectivity index (χ2n) is 6.23. The predicted molar refractivity (Wildman–Crippen MR) is 82.0 cm³/mol. The Morgan fingerprint density at radius 2 is 1.48 bits per heavy atom. The zero-order valence-electron chi connectivity index (χ0n) is 11.5. The van der Waals surface area contributed by atoms with Crippen LogP contribution >= 0.6 is 15.9 Å². The number of allylic oxidation sites excluding steroid dienone is 2. The second-order valence-corrected chi connectivity index (χ2v) is 7.15. The van der Waals surface area contributed by atoms with E-state index in [1.165, 1.54) is 4.90 Å². The monoisotopic (exact) mass is 345 g/mol. The van der Waals surface area contributed by atoms with Gasteiger partial charge in [0, 0.05) is 4.47 Å². The van der Waals surface area contributed by atoms with E-state index in [9.17, 15) is 9.59 Å². The summed E-state index contributed by atoms with van der Waals surface area (Å²) in [7, 11) is 0. The lowest BCUT2D eigenvalue weighted by Gasteiger charge is -2.38. The van der Waals surface area contributed by atoms with E-state index >= 15 is 0 Å². The van der Waals surface area contributed by atoms with Crippen molar-refractivity contribution in [3.63, 3.8) is 0 Å². The summed E-state index contributed by atoms with van der Waals surface area (Å²) in [5, 5.41) is 0. The molecule has 1 saturated heterocycles. The van der Waals surface area contributed by atoms with E-state index in [1.54, 1.807) is 0 Å². The zero-order chi connectivity index (χ0) is 14.6. The molecule has 1 aromatic carbocycles. The van der Waals surface area contributed by atoms with Crippen LogP contribution in [0.2, 0.25) is 0 Å². The summed E-state index contributed by atoms with van der Waals surface area (Å²) in [6.45, 7) is 0.400. The van der Waals surface area contributed by atoms with Crippen LogP contribution in [0.3, 0.4) is 0 Å². The molecule has 0 radical (unpaired) electrons. The molecule has 108 valence electrons. The molecule has 4 heteroatoms. The third kappa shape index (κ3) is 2.00. The molecule has 21 heavy (non-hydrogen) atoms. The maximum Gasteiger partial charge on any atom is 0.234 e. The molecule has 2 bridgehead atoms. The van der Waals surface area contributed by atoms with Crippen LogP contribution in [0.5, 0.6) is 0 Å². The van der Waals surface area contributed by atoms with Gasteiger partial charge in [-0.05, 0) is 42.4 Å². The Kier molecular flexibility index (Phi) is 3.03. The summed E-state index contributed by atoms with van der Waals surface area (Å²) < 4.78 is 1.00. The smallest absolute Gasteiger partial charge is 0.234 e. The van der Waals surface area contributed by atoms with Gasteiger partial charge in [0.1, 0.15) is 0 Å². The summed E-state index contributed by atoms with van der Waals surface area (Å²) in [6, 6.07) is 7.80. The number of carbonyl (C=O) groups excluding carboxylic acids is 2. The molecule has 0 aromatic heterocycles. The molecule has 0 unspecified atom stereocenters. The first-order chi connectivity index (χ1) is 10.1. The van der Waals surface area contributed by atoms with Crippen molar-refractivity contribution < 1.29 is 9.59 Å². The lowest BCUT2D eigenvalue weighted by molar-refractivity contribution is -0.140. The van der Waals surface area contributed by atoms with E-state index in [0.29, 0.717) is 6.54 Å². The van der Waals surface area contributed by atoms with E-state index in [1.807, 2.05) is 24.3 Å². The van der Waals surface area contributed by atoms with E-state index in [4.69, 9.17) is 0 Å². The molecule has 1 aromatic rings. The van der Waals surface area contributed by atoms with Gasteiger partial charge in [-0.25, -0.2) is 0 Å². The highest BCUT2D eigenvalue weighted by Crippen LogP contribution is 2.49. The average Bonchev–Trinajstić information content (AvgIpc) is 2.78. The number of rotatable bonds is 2. The van der Waals surface area contributed by atoms with Gasteiger partial charge in [-0.2, -0.15) is 0 Å². The molecule has 0 N–H and O–H groups in total. The van der Waals surface area contributed by atoms with Crippen LogP contribution in [-0.4, -0.2) is 16.7 Å². The number of fused-ring (bicyclic) bond motifs is 1. The third-order valence-corrected chi connectivity index (χ3v) is 5.63. The van der Waals surface area contributed by atoms with Gasteiger partial charge in [-0.1, -0.05) is 40.2 Å². The van der Waals surface area contributed by atoms with Crippen LogP contribution in [0, 0.1) is 23.7 Å². The van der Waals surface area contributed by atoms with E-state index in [0.717, 1.165) is 22.9 Å². The lowest BCUT2D eigenvalue weighted by atomic mass is 9.63. The number of imide groups is 1. The number of nitrogens with zero attached hydrogens (tertiary/aromatic N) is 1. The number of amides is 2. The fourth-order valence-electron chi connectivity index (χ4n) is 4.06. The van der Waals surface area contributed by atoms with Crippen molar-refractivity contribution in [2.75, 3.05) is 0 Å². The van der Waals surface area contributed by atoms with Crippen LogP contribution < -0.4 is 0 Å². The van der Waals surface area contributed by atoms with Gasteiger partial charge in [-0.3, -0.25) is 14.5 Å². The molecule has 1 heterocycles. The molecule has 4 aliphatic rings. The number of likely N-dealkylation sites (tertiary alicyclic amines) is 1. The summed E-state index contributed by atoms with van der Waals surface area (Å²) in [5.41, 5.74) is 0.999. The first-order valence-electron chi connectivity index (χ1n) is 7.43. The molecule has 5 rings (SSSR count). The highest BCUT2D eigenvalue weighted by molar-refractivity contribution is 9.10. The standard InChI is InChI=1S/C17H16BrNO2/c18-13-7-1-10(2-8-13)9-19-16(20)14-11-3-4-12(6-5-11)15(14)17(19)21/h1-4,7-8,11-12,14-15H,5-6,9H2/t11-,12-,14-,15+/m1/s1. The minimum Gasteiger partial charge on any atom is -0.278 e. The largest absolute Gasteiger partial charge is 0.278 e. The Balaban J connectivity index is 1.61. The van der Waals surface area contributed by atoms with Gasteiger partial charge < -0.3 is 0 Å². The molecule has 2 amide bonds. The number of carbonyl (C=O) groups is 2. The second kappa shape index (κ2) is 4.80. The van der Waals surface area contributed by atoms with Gasteiger partial charge in [0.05, 0.1) is 18.4 Å². The minimum atomic E-state index is -0.100. The van der Waals surface area contributed by atoms with Crippen LogP contribution in [0.15, 0.2) is 40.9 Å². The van der Waals surface area contributed by atoms with Gasteiger partial charge in [0.15, 0.2) is 0 Å². The van der Waals surface area contributed by atoms with Gasteiger partial charge in [-0.15, -0.1) is 0 Å². The van der Waals surface area contributed by atoms with Gasteiger partial charge in [0.25, 0.3) is 0 Å². The normalized spacial score (nSPS) is 33.7. The summed E-state index contributed by atoms with van der Waals surface area (Å²) in [5.74, 6) is 0.407. The van der Waals surface area contributed by atoms with Crippen LogP contribution in [0.25, 0.3) is 0 Å². The van der Waals surface area contributed by atoms with Crippen molar-refractivity contribution in [1.29, 1.82) is 0 Å². The molecule has 3 nitrogen and oxygen atoms in total. The fourth-order valence-corrected chi connectivity index (χ4v) is 4.33. The first-order valence-corrected chi connectivity index (χ1v) is 8.22. The van der Waals surface area contributed by atoms with Crippen molar-refractivity contribution >= 4 is 27.7 Å². The third-order valence-electron chi connectivity index (χ3n) is 5.10. The Hall–Kier alpha value is -1.42. The average molecular weight is 346 g/mol. The Labute approximate surface area is 132 Å². The molecule has 1 aliphatic heterocycles. The van der Waals surface area contributed by atoms with E-state index in [-0.39, 0.29) is 35.5 Å². The summed E-state index contributed by atoms with van der Waals surface area (Å²) in [6.07, 6.45) is 6.41. The molecule has 3 aliphatic carbocycles.